The van der Waals surface area contributed by atoms with Crippen molar-refractivity contribution in [2.45, 2.75) is 43.9 Å². The summed E-state index contributed by atoms with van der Waals surface area (Å²) in [6.07, 6.45) is 4.96. The molecule has 1 saturated carbocycles. The highest BCUT2D eigenvalue weighted by molar-refractivity contribution is 7.90. The Hall–Kier alpha value is -1.93. The molecule has 1 aliphatic carbocycles. The van der Waals surface area contributed by atoms with Gasteiger partial charge in [-0.3, -0.25) is 4.79 Å². The molecule has 2 N–H and O–H groups in total. The Bertz CT molecular complexity index is 781. The summed E-state index contributed by atoms with van der Waals surface area (Å²) in [5.41, 5.74) is -0.560. The normalized spacial score (nSPS) is 16.4. The van der Waals surface area contributed by atoms with Gasteiger partial charge in [-0.05, 0) is 44.4 Å². The molecule has 0 aliphatic heterocycles. The lowest BCUT2D eigenvalue weighted by Gasteiger charge is -2.27. The minimum Gasteiger partial charge on any atom is -0.478 e. The monoisotopic (exact) mass is 383 g/mol. The molecule has 0 radical (unpaired) electrons. The second-order valence-electron chi connectivity index (χ2n) is 6.71. The van der Waals surface area contributed by atoms with Crippen molar-refractivity contribution in [3.63, 3.8) is 0 Å². The largest absolute Gasteiger partial charge is 0.478 e. The molecular weight excluding hydrogens is 358 g/mol. The Morgan fingerprint density at radius 2 is 1.88 bits per heavy atom. The zero-order valence-electron chi connectivity index (χ0n) is 15.1. The molecule has 8 heteroatoms. The van der Waals surface area contributed by atoms with Gasteiger partial charge in [0.15, 0.2) is 9.84 Å². The zero-order valence-corrected chi connectivity index (χ0v) is 15.9. The van der Waals surface area contributed by atoms with Crippen LogP contribution in [-0.2, 0) is 19.4 Å². The number of carbonyl (C=O) groups is 2. The van der Waals surface area contributed by atoms with Crippen molar-refractivity contribution >= 4 is 27.4 Å². The number of benzene rings is 1. The van der Waals surface area contributed by atoms with Crippen LogP contribution in [0.1, 0.15) is 49.4 Å². The Labute approximate surface area is 153 Å². The van der Waals surface area contributed by atoms with E-state index in [1.807, 2.05) is 6.92 Å². The van der Waals surface area contributed by atoms with E-state index in [-0.39, 0.29) is 22.1 Å². The fraction of sp³-hybridized carbons (Fsp3) is 0.556. The second kappa shape index (κ2) is 8.18. The standard InChI is InChI=1S/C18H25NO6S/c1-3-25-9-8-18(6-4-5-7-18)17(22)19-14-10-13(16(20)21)11-15(12-14)26(2,23)24/h10-12H,3-9H2,1-2H3,(H,19,22)(H,20,21). The smallest absolute Gasteiger partial charge is 0.335 e. The topological polar surface area (TPSA) is 110 Å². The van der Waals surface area contributed by atoms with E-state index >= 15 is 0 Å². The van der Waals surface area contributed by atoms with Gasteiger partial charge in [-0.25, -0.2) is 13.2 Å². The number of hydrogen-bond donors (Lipinski definition) is 2. The van der Waals surface area contributed by atoms with Gasteiger partial charge < -0.3 is 15.2 Å². The highest BCUT2D eigenvalue weighted by Gasteiger charge is 2.40. The van der Waals surface area contributed by atoms with Crippen LogP contribution in [0.5, 0.6) is 0 Å². The molecule has 0 heterocycles. The maximum Gasteiger partial charge on any atom is 0.335 e. The summed E-state index contributed by atoms with van der Waals surface area (Å²) in [7, 11) is -3.60. The Kier molecular flexibility index (Phi) is 6.41. The summed E-state index contributed by atoms with van der Waals surface area (Å²) in [6.45, 7) is 2.95. The quantitative estimate of drug-likeness (QED) is 0.668. The Morgan fingerprint density at radius 1 is 1.23 bits per heavy atom. The summed E-state index contributed by atoms with van der Waals surface area (Å²) in [5.74, 6) is -1.46. The first-order valence-electron chi connectivity index (χ1n) is 8.65. The number of amides is 1. The third kappa shape index (κ3) is 4.82. The Morgan fingerprint density at radius 3 is 2.42 bits per heavy atom. The molecule has 0 spiro atoms. The highest BCUT2D eigenvalue weighted by atomic mass is 32.2. The van der Waals surface area contributed by atoms with Crippen LogP contribution in [0.2, 0.25) is 0 Å². The number of rotatable bonds is 8. The van der Waals surface area contributed by atoms with Crippen molar-refractivity contribution in [3.05, 3.63) is 23.8 Å². The van der Waals surface area contributed by atoms with Crippen molar-refractivity contribution in [3.8, 4) is 0 Å². The molecular formula is C18H25NO6S. The van der Waals surface area contributed by atoms with E-state index in [1.165, 1.54) is 12.1 Å². The number of carboxylic acids is 1. The molecule has 0 bridgehead atoms. The van der Waals surface area contributed by atoms with E-state index in [2.05, 4.69) is 5.32 Å². The van der Waals surface area contributed by atoms with E-state index < -0.39 is 21.2 Å². The lowest BCUT2D eigenvalue weighted by Crippen LogP contribution is -2.35. The van der Waals surface area contributed by atoms with Crippen molar-refractivity contribution in [2.24, 2.45) is 5.41 Å². The van der Waals surface area contributed by atoms with Crippen LogP contribution >= 0.6 is 0 Å². The minimum absolute atomic E-state index is 0.137. The minimum atomic E-state index is -3.60. The molecule has 1 aliphatic rings. The molecule has 26 heavy (non-hydrogen) atoms. The van der Waals surface area contributed by atoms with Crippen LogP contribution in [0.15, 0.2) is 23.1 Å². The average Bonchev–Trinajstić information content (AvgIpc) is 3.04. The predicted molar refractivity (Wildman–Crippen MR) is 97.2 cm³/mol. The Balaban J connectivity index is 2.29. The summed E-state index contributed by atoms with van der Waals surface area (Å²) in [6, 6.07) is 3.67. The maximum absolute atomic E-state index is 12.9. The molecule has 0 saturated heterocycles. The van der Waals surface area contributed by atoms with Crippen molar-refractivity contribution in [1.29, 1.82) is 0 Å². The maximum atomic E-state index is 12.9. The van der Waals surface area contributed by atoms with E-state index in [4.69, 9.17) is 4.74 Å². The summed E-state index contributed by atoms with van der Waals surface area (Å²) < 4.78 is 29.0. The summed E-state index contributed by atoms with van der Waals surface area (Å²) in [4.78, 5) is 24.1. The molecule has 0 atom stereocenters. The number of carboxylic acid groups (broad SMARTS) is 1. The van der Waals surface area contributed by atoms with Crippen LogP contribution in [0.25, 0.3) is 0 Å². The van der Waals surface area contributed by atoms with Crippen molar-refractivity contribution in [1.82, 2.24) is 0 Å². The molecule has 1 aromatic carbocycles. The van der Waals surface area contributed by atoms with E-state index in [1.54, 1.807) is 0 Å². The number of aromatic carboxylic acids is 1. The second-order valence-corrected chi connectivity index (χ2v) is 8.73. The number of nitrogens with one attached hydrogen (secondary N) is 1. The van der Waals surface area contributed by atoms with Crippen LogP contribution in [-0.4, -0.2) is 44.9 Å². The molecule has 144 valence electrons. The molecule has 1 fully saturated rings. The number of sulfone groups is 1. The fourth-order valence-electron chi connectivity index (χ4n) is 3.33. The number of hydrogen-bond acceptors (Lipinski definition) is 5. The average molecular weight is 383 g/mol. The number of anilines is 1. The van der Waals surface area contributed by atoms with Crippen LogP contribution in [0.4, 0.5) is 5.69 Å². The lowest BCUT2D eigenvalue weighted by atomic mass is 9.82. The summed E-state index contributed by atoms with van der Waals surface area (Å²) in [5, 5.41) is 12.0. The van der Waals surface area contributed by atoms with Gasteiger partial charge in [0.1, 0.15) is 0 Å². The molecule has 0 aromatic heterocycles. The van der Waals surface area contributed by atoms with Crippen LogP contribution in [0.3, 0.4) is 0 Å². The predicted octanol–water partition coefficient (Wildman–Crippen LogP) is 2.71. The van der Waals surface area contributed by atoms with Crippen molar-refractivity contribution < 1.29 is 27.9 Å². The first-order chi connectivity index (χ1) is 12.2. The van der Waals surface area contributed by atoms with Crippen LogP contribution in [0, 0.1) is 5.41 Å². The third-order valence-electron chi connectivity index (χ3n) is 4.81. The van der Waals surface area contributed by atoms with Gasteiger partial charge in [0.25, 0.3) is 0 Å². The molecule has 7 nitrogen and oxygen atoms in total. The van der Waals surface area contributed by atoms with Crippen molar-refractivity contribution in [2.75, 3.05) is 24.8 Å². The summed E-state index contributed by atoms with van der Waals surface area (Å²) >= 11 is 0. The van der Waals surface area contributed by atoms with Crippen LogP contribution < -0.4 is 5.32 Å². The van der Waals surface area contributed by atoms with Gasteiger partial charge in [0, 0.05) is 25.2 Å². The van der Waals surface area contributed by atoms with Gasteiger partial charge in [-0.2, -0.15) is 0 Å². The zero-order chi connectivity index (χ0) is 19.4. The van der Waals surface area contributed by atoms with E-state index in [0.717, 1.165) is 38.0 Å². The lowest BCUT2D eigenvalue weighted by molar-refractivity contribution is -0.126. The first kappa shape index (κ1) is 20.4. The first-order valence-corrected chi connectivity index (χ1v) is 10.5. The fourth-order valence-corrected chi connectivity index (χ4v) is 4.01. The van der Waals surface area contributed by atoms with Gasteiger partial charge in [-0.1, -0.05) is 12.8 Å². The van der Waals surface area contributed by atoms with Gasteiger partial charge in [0.05, 0.1) is 15.9 Å². The molecule has 1 aromatic rings. The molecule has 1 amide bonds. The molecule has 0 unspecified atom stereocenters. The highest BCUT2D eigenvalue weighted by Crippen LogP contribution is 2.42. The van der Waals surface area contributed by atoms with Gasteiger partial charge in [0.2, 0.25) is 5.91 Å². The SMILES string of the molecule is CCOCCC1(C(=O)Nc2cc(C(=O)O)cc(S(C)(=O)=O)c2)CCCC1. The number of ether oxygens (including phenoxy) is 1. The van der Waals surface area contributed by atoms with E-state index in [0.29, 0.717) is 19.6 Å². The van der Waals surface area contributed by atoms with E-state index in [9.17, 15) is 23.1 Å². The van der Waals surface area contributed by atoms with Gasteiger partial charge in [-0.15, -0.1) is 0 Å². The number of carbonyl (C=O) groups excluding carboxylic acids is 1. The molecule has 2 rings (SSSR count). The van der Waals surface area contributed by atoms with Gasteiger partial charge >= 0.3 is 5.97 Å². The third-order valence-corrected chi connectivity index (χ3v) is 5.90.